The molecule has 7 nitrogen and oxygen atoms in total. The SMILES string of the molecule is CN=C(NCc1ccc(OC)c(OC)c1)NC1CCN(C(=O)C(C)C)C1.I. The number of guanidine groups is 1. The highest BCUT2D eigenvalue weighted by molar-refractivity contribution is 14.0. The number of rotatable bonds is 6. The standard InChI is InChI=1S/C19H30N4O3.HI/c1-13(2)18(24)23-9-8-15(12-23)22-19(20-3)21-11-14-6-7-16(25-4)17(10-14)26-5;/h6-7,10,13,15H,8-9,11-12H2,1-5H3,(H2,20,21,22);1H. The highest BCUT2D eigenvalue weighted by Gasteiger charge is 2.27. The van der Waals surface area contributed by atoms with Crippen molar-refractivity contribution in [3.05, 3.63) is 23.8 Å². The lowest BCUT2D eigenvalue weighted by Crippen LogP contribution is -2.45. The lowest BCUT2D eigenvalue weighted by molar-refractivity contribution is -0.133. The van der Waals surface area contributed by atoms with Gasteiger partial charge >= 0.3 is 0 Å². The Hall–Kier alpha value is -1.71. The van der Waals surface area contributed by atoms with Crippen molar-refractivity contribution in [1.29, 1.82) is 0 Å². The fourth-order valence-corrected chi connectivity index (χ4v) is 3.01. The molecule has 1 aliphatic heterocycles. The van der Waals surface area contributed by atoms with Crippen LogP contribution in [0.15, 0.2) is 23.2 Å². The molecule has 0 radical (unpaired) electrons. The number of aliphatic imine (C=N–C) groups is 1. The van der Waals surface area contributed by atoms with Gasteiger partial charge in [-0.2, -0.15) is 0 Å². The van der Waals surface area contributed by atoms with Gasteiger partial charge in [-0.25, -0.2) is 0 Å². The quantitative estimate of drug-likeness (QED) is 0.364. The topological polar surface area (TPSA) is 75.2 Å². The molecule has 0 spiro atoms. The van der Waals surface area contributed by atoms with Crippen LogP contribution in [0.4, 0.5) is 0 Å². The Kier molecular flexibility index (Phi) is 9.68. The van der Waals surface area contributed by atoms with Gasteiger partial charge in [0.25, 0.3) is 0 Å². The molecule has 2 N–H and O–H groups in total. The van der Waals surface area contributed by atoms with E-state index < -0.39 is 0 Å². The number of hydrogen-bond donors (Lipinski definition) is 2. The Bertz CT molecular complexity index is 652. The zero-order valence-corrected chi connectivity index (χ0v) is 19.1. The van der Waals surface area contributed by atoms with Gasteiger partial charge in [0, 0.05) is 38.6 Å². The predicted molar refractivity (Wildman–Crippen MR) is 118 cm³/mol. The van der Waals surface area contributed by atoms with Crippen LogP contribution < -0.4 is 20.1 Å². The molecule has 152 valence electrons. The first-order valence-electron chi connectivity index (χ1n) is 8.95. The van der Waals surface area contributed by atoms with Gasteiger partial charge in [-0.1, -0.05) is 19.9 Å². The van der Waals surface area contributed by atoms with Crippen molar-refractivity contribution in [3.63, 3.8) is 0 Å². The lowest BCUT2D eigenvalue weighted by atomic mass is 10.2. The molecule has 0 saturated carbocycles. The maximum Gasteiger partial charge on any atom is 0.225 e. The second-order valence-corrected chi connectivity index (χ2v) is 6.68. The Morgan fingerprint density at radius 2 is 2.00 bits per heavy atom. The summed E-state index contributed by atoms with van der Waals surface area (Å²) in [7, 11) is 4.99. The van der Waals surface area contributed by atoms with Gasteiger partial charge in [-0.3, -0.25) is 9.79 Å². The molecule has 1 unspecified atom stereocenters. The van der Waals surface area contributed by atoms with Gasteiger partial charge in [-0.15, -0.1) is 24.0 Å². The summed E-state index contributed by atoms with van der Waals surface area (Å²) in [5.41, 5.74) is 1.06. The van der Waals surface area contributed by atoms with E-state index in [2.05, 4.69) is 15.6 Å². The Morgan fingerprint density at radius 1 is 1.30 bits per heavy atom. The maximum atomic E-state index is 12.1. The molecule has 1 saturated heterocycles. The zero-order chi connectivity index (χ0) is 19.1. The van der Waals surface area contributed by atoms with Gasteiger partial charge in [0.05, 0.1) is 14.2 Å². The first kappa shape index (κ1) is 23.3. The Balaban J connectivity index is 0.00000364. The number of hydrogen-bond acceptors (Lipinski definition) is 4. The smallest absolute Gasteiger partial charge is 0.225 e. The average molecular weight is 490 g/mol. The van der Waals surface area contributed by atoms with E-state index in [4.69, 9.17) is 9.47 Å². The van der Waals surface area contributed by atoms with Crippen LogP contribution in [-0.2, 0) is 11.3 Å². The molecule has 27 heavy (non-hydrogen) atoms. The highest BCUT2D eigenvalue weighted by Crippen LogP contribution is 2.27. The molecule has 1 aliphatic rings. The normalized spacial score (nSPS) is 16.7. The molecule has 1 atom stereocenters. The number of benzene rings is 1. The number of carbonyl (C=O) groups is 1. The summed E-state index contributed by atoms with van der Waals surface area (Å²) < 4.78 is 10.6. The number of likely N-dealkylation sites (tertiary alicyclic amines) is 1. The summed E-state index contributed by atoms with van der Waals surface area (Å²) in [5.74, 6) is 2.38. The molecule has 2 rings (SSSR count). The summed E-state index contributed by atoms with van der Waals surface area (Å²) in [4.78, 5) is 18.3. The van der Waals surface area contributed by atoms with Gasteiger partial charge in [0.2, 0.25) is 5.91 Å². The third kappa shape index (κ3) is 6.44. The number of nitrogens with one attached hydrogen (secondary N) is 2. The number of methoxy groups -OCH3 is 2. The van der Waals surface area contributed by atoms with Gasteiger partial charge in [0.15, 0.2) is 17.5 Å². The number of amides is 1. The summed E-state index contributed by atoms with van der Waals surface area (Å²) in [6.45, 7) is 6.00. The molecular weight excluding hydrogens is 459 g/mol. The Morgan fingerprint density at radius 3 is 2.59 bits per heavy atom. The summed E-state index contributed by atoms with van der Waals surface area (Å²) >= 11 is 0. The van der Waals surface area contributed by atoms with E-state index >= 15 is 0 Å². The zero-order valence-electron chi connectivity index (χ0n) is 16.7. The summed E-state index contributed by atoms with van der Waals surface area (Å²) in [5, 5.41) is 6.71. The number of nitrogens with zero attached hydrogens (tertiary/aromatic N) is 2. The minimum Gasteiger partial charge on any atom is -0.493 e. The first-order valence-corrected chi connectivity index (χ1v) is 8.95. The van der Waals surface area contributed by atoms with Crippen molar-refractivity contribution < 1.29 is 14.3 Å². The molecule has 1 heterocycles. The van der Waals surface area contributed by atoms with Gasteiger partial charge in [0.1, 0.15) is 0 Å². The van der Waals surface area contributed by atoms with Crippen molar-refractivity contribution in [2.24, 2.45) is 10.9 Å². The monoisotopic (exact) mass is 490 g/mol. The molecule has 0 aliphatic carbocycles. The largest absolute Gasteiger partial charge is 0.493 e. The third-order valence-electron chi connectivity index (χ3n) is 4.47. The number of carbonyl (C=O) groups excluding carboxylic acids is 1. The predicted octanol–water partition coefficient (Wildman–Crippen LogP) is 2.24. The lowest BCUT2D eigenvalue weighted by Gasteiger charge is -2.20. The second kappa shape index (κ2) is 11.2. The molecule has 0 aromatic heterocycles. The minimum atomic E-state index is 0. The van der Waals surface area contributed by atoms with E-state index in [-0.39, 0.29) is 41.8 Å². The van der Waals surface area contributed by atoms with E-state index in [1.54, 1.807) is 21.3 Å². The van der Waals surface area contributed by atoms with E-state index in [1.807, 2.05) is 36.9 Å². The van der Waals surface area contributed by atoms with Crippen molar-refractivity contribution in [2.45, 2.75) is 32.9 Å². The van der Waals surface area contributed by atoms with Crippen LogP contribution in [-0.4, -0.2) is 57.2 Å². The molecular formula is C19H31IN4O3. The average Bonchev–Trinajstić information content (AvgIpc) is 3.12. The number of halogens is 1. The number of ether oxygens (including phenoxy) is 2. The van der Waals surface area contributed by atoms with E-state index in [9.17, 15) is 4.79 Å². The van der Waals surface area contributed by atoms with E-state index in [0.717, 1.165) is 24.5 Å². The van der Waals surface area contributed by atoms with Crippen LogP contribution in [0, 0.1) is 5.92 Å². The van der Waals surface area contributed by atoms with Gasteiger partial charge < -0.3 is 25.0 Å². The van der Waals surface area contributed by atoms with Crippen molar-refractivity contribution >= 4 is 35.8 Å². The van der Waals surface area contributed by atoms with Crippen molar-refractivity contribution in [1.82, 2.24) is 15.5 Å². The highest BCUT2D eigenvalue weighted by atomic mass is 127. The molecule has 1 aromatic rings. The van der Waals surface area contributed by atoms with Crippen LogP contribution in [0.5, 0.6) is 11.5 Å². The second-order valence-electron chi connectivity index (χ2n) is 6.68. The Labute approximate surface area is 178 Å². The molecule has 8 heteroatoms. The van der Waals surface area contributed by atoms with Crippen molar-refractivity contribution in [3.8, 4) is 11.5 Å². The van der Waals surface area contributed by atoms with Crippen LogP contribution in [0.3, 0.4) is 0 Å². The fourth-order valence-electron chi connectivity index (χ4n) is 3.01. The van der Waals surface area contributed by atoms with Gasteiger partial charge in [-0.05, 0) is 24.1 Å². The van der Waals surface area contributed by atoms with Crippen LogP contribution in [0.2, 0.25) is 0 Å². The van der Waals surface area contributed by atoms with Crippen molar-refractivity contribution in [2.75, 3.05) is 34.4 Å². The van der Waals surface area contributed by atoms with E-state index in [0.29, 0.717) is 24.6 Å². The molecule has 1 aromatic carbocycles. The summed E-state index contributed by atoms with van der Waals surface area (Å²) in [6.07, 6.45) is 0.926. The third-order valence-corrected chi connectivity index (χ3v) is 4.47. The fraction of sp³-hybridized carbons (Fsp3) is 0.579. The maximum absolute atomic E-state index is 12.1. The molecule has 0 bridgehead atoms. The summed E-state index contributed by atoms with van der Waals surface area (Å²) in [6, 6.07) is 6.03. The van der Waals surface area contributed by atoms with Crippen LogP contribution >= 0.6 is 24.0 Å². The van der Waals surface area contributed by atoms with Crippen LogP contribution in [0.1, 0.15) is 25.8 Å². The minimum absolute atomic E-state index is 0. The molecule has 1 fully saturated rings. The molecule has 1 amide bonds. The van der Waals surface area contributed by atoms with Crippen LogP contribution in [0.25, 0.3) is 0 Å². The first-order chi connectivity index (χ1) is 12.5. The van der Waals surface area contributed by atoms with E-state index in [1.165, 1.54) is 0 Å².